The Balaban J connectivity index is 2.09. The minimum Gasteiger partial charge on any atom is -0.444 e. The van der Waals surface area contributed by atoms with E-state index in [-0.39, 0.29) is 5.69 Å². The summed E-state index contributed by atoms with van der Waals surface area (Å²) in [5.41, 5.74) is -0.477. The molecule has 1 aromatic carbocycles. The third kappa shape index (κ3) is 9.50. The minimum absolute atomic E-state index is 0.00532. The van der Waals surface area contributed by atoms with Gasteiger partial charge in [0.05, 0.1) is 15.7 Å². The molecule has 0 heterocycles. The van der Waals surface area contributed by atoms with Crippen molar-refractivity contribution < 1.29 is 18.7 Å². The Hall–Kier alpha value is -1.96. The quantitative estimate of drug-likeness (QED) is 0.371. The number of hydrogen-bond acceptors (Lipinski definition) is 5. The number of hydrogen-bond donors (Lipinski definition) is 1. The molecule has 0 aliphatic rings. The fourth-order valence-corrected chi connectivity index (χ4v) is 3.37. The first-order valence-electron chi connectivity index (χ1n) is 8.79. The average molecular weight is 384 g/mol. The predicted molar refractivity (Wildman–Crippen MR) is 102 cm³/mol. The van der Waals surface area contributed by atoms with Crippen LogP contribution in [0.3, 0.4) is 0 Å². The first-order chi connectivity index (χ1) is 12.2. The van der Waals surface area contributed by atoms with Gasteiger partial charge in [-0.05, 0) is 45.7 Å². The fraction of sp³-hybridized carbons (Fsp3) is 0.611. The van der Waals surface area contributed by atoms with Crippen LogP contribution in [0.1, 0.15) is 52.9 Å². The van der Waals surface area contributed by atoms with Gasteiger partial charge in [0, 0.05) is 29.3 Å². The molecule has 0 aromatic heterocycles. The molecule has 8 heteroatoms. The maximum absolute atomic E-state index is 12.1. The first-order valence-corrected chi connectivity index (χ1v) is 10.1. The van der Waals surface area contributed by atoms with E-state index in [2.05, 4.69) is 5.32 Å². The molecule has 1 amide bonds. The van der Waals surface area contributed by atoms with Gasteiger partial charge in [0.25, 0.3) is 5.69 Å². The van der Waals surface area contributed by atoms with Gasteiger partial charge in [-0.1, -0.05) is 19.3 Å². The van der Waals surface area contributed by atoms with Crippen molar-refractivity contribution in [2.75, 3.05) is 12.3 Å². The molecule has 0 saturated heterocycles. The minimum atomic E-state index is -1.13. The van der Waals surface area contributed by atoms with Gasteiger partial charge in [-0.3, -0.25) is 14.3 Å². The lowest BCUT2D eigenvalue weighted by molar-refractivity contribution is -0.384. The van der Waals surface area contributed by atoms with Crippen LogP contribution in [0.2, 0.25) is 0 Å². The van der Waals surface area contributed by atoms with Crippen LogP contribution in [-0.4, -0.2) is 33.1 Å². The van der Waals surface area contributed by atoms with Crippen LogP contribution >= 0.6 is 0 Å². The summed E-state index contributed by atoms with van der Waals surface area (Å²) < 4.78 is 17.3. The molecule has 1 atom stereocenters. The normalized spacial score (nSPS) is 12.4. The highest BCUT2D eigenvalue weighted by Gasteiger charge is 2.15. The summed E-state index contributed by atoms with van der Waals surface area (Å²) in [6.07, 6.45) is 4.28. The number of nitro benzene ring substituents is 1. The summed E-state index contributed by atoms with van der Waals surface area (Å²) in [7, 11) is -1.13. The number of carbonyl (C=O) groups excluding carboxylic acids is 1. The lowest BCUT2D eigenvalue weighted by Crippen LogP contribution is -2.32. The highest BCUT2D eigenvalue weighted by molar-refractivity contribution is 7.85. The molecule has 0 aliphatic heterocycles. The summed E-state index contributed by atoms with van der Waals surface area (Å²) in [6, 6.07) is 5.86. The third-order valence-corrected chi connectivity index (χ3v) is 4.94. The van der Waals surface area contributed by atoms with Crippen LogP contribution in [0.4, 0.5) is 10.5 Å². The zero-order valence-electron chi connectivity index (χ0n) is 15.7. The molecule has 0 aliphatic carbocycles. The van der Waals surface area contributed by atoms with Gasteiger partial charge >= 0.3 is 6.09 Å². The molecule has 7 nitrogen and oxygen atoms in total. The molecular formula is C18H28N2O5S. The fourth-order valence-electron chi connectivity index (χ4n) is 2.23. The Bertz CT molecular complexity index is 611. The van der Waals surface area contributed by atoms with Crippen LogP contribution in [0.15, 0.2) is 29.2 Å². The number of ether oxygens (including phenoxy) is 1. The van der Waals surface area contributed by atoms with E-state index >= 15 is 0 Å². The number of nitro groups is 1. The molecule has 1 N–H and O–H groups in total. The Morgan fingerprint density at radius 2 is 1.69 bits per heavy atom. The number of amides is 1. The molecule has 0 bridgehead atoms. The number of benzene rings is 1. The highest BCUT2D eigenvalue weighted by Crippen LogP contribution is 2.16. The molecule has 1 rings (SSSR count). The van der Waals surface area contributed by atoms with Gasteiger partial charge in [-0.15, -0.1) is 0 Å². The van der Waals surface area contributed by atoms with E-state index in [0.717, 1.165) is 32.1 Å². The van der Waals surface area contributed by atoms with E-state index < -0.39 is 27.4 Å². The van der Waals surface area contributed by atoms with Crippen molar-refractivity contribution in [3.8, 4) is 0 Å². The van der Waals surface area contributed by atoms with E-state index in [9.17, 15) is 19.1 Å². The van der Waals surface area contributed by atoms with Crippen LogP contribution in [-0.2, 0) is 15.5 Å². The predicted octanol–water partition coefficient (Wildman–Crippen LogP) is 4.18. The number of non-ortho nitro benzene ring substituents is 1. The van der Waals surface area contributed by atoms with Gasteiger partial charge in [-0.25, -0.2) is 4.79 Å². The number of alkyl carbamates (subject to hydrolysis) is 1. The van der Waals surface area contributed by atoms with Gasteiger partial charge in [0.2, 0.25) is 0 Å². The van der Waals surface area contributed by atoms with Gasteiger partial charge < -0.3 is 10.1 Å². The zero-order valence-corrected chi connectivity index (χ0v) is 16.5. The summed E-state index contributed by atoms with van der Waals surface area (Å²) in [5, 5.41) is 13.3. The average Bonchev–Trinajstić information content (AvgIpc) is 2.55. The van der Waals surface area contributed by atoms with Crippen molar-refractivity contribution in [2.24, 2.45) is 0 Å². The Morgan fingerprint density at radius 1 is 1.12 bits per heavy atom. The monoisotopic (exact) mass is 384 g/mol. The number of carbonyl (C=O) groups is 1. The van der Waals surface area contributed by atoms with Crippen LogP contribution < -0.4 is 5.32 Å². The second-order valence-electron chi connectivity index (χ2n) is 7.00. The van der Waals surface area contributed by atoms with E-state index in [0.29, 0.717) is 17.2 Å². The Labute approximate surface area is 157 Å². The second-order valence-corrected chi connectivity index (χ2v) is 8.57. The van der Waals surface area contributed by atoms with Crippen LogP contribution in [0, 0.1) is 10.1 Å². The van der Waals surface area contributed by atoms with E-state index in [4.69, 9.17) is 4.74 Å². The van der Waals surface area contributed by atoms with Gasteiger partial charge in [0.15, 0.2) is 0 Å². The topological polar surface area (TPSA) is 98.5 Å². The van der Waals surface area contributed by atoms with Crippen molar-refractivity contribution in [3.63, 3.8) is 0 Å². The number of rotatable bonds is 10. The molecule has 1 aromatic rings. The molecule has 26 heavy (non-hydrogen) atoms. The van der Waals surface area contributed by atoms with Crippen molar-refractivity contribution >= 4 is 22.6 Å². The largest absolute Gasteiger partial charge is 0.444 e. The molecule has 146 valence electrons. The van der Waals surface area contributed by atoms with Crippen molar-refractivity contribution in [3.05, 3.63) is 34.4 Å². The molecule has 0 spiro atoms. The van der Waals surface area contributed by atoms with E-state index in [1.165, 1.54) is 12.1 Å². The summed E-state index contributed by atoms with van der Waals surface area (Å²) in [4.78, 5) is 22.2. The maximum atomic E-state index is 12.1. The standard InChI is InChI=1S/C18H28N2O5S/c1-18(2,3)25-17(21)19-13-7-5-4-6-8-14-26(24)16-11-9-15(10-12-16)20(22)23/h9-12H,4-8,13-14H2,1-3H3,(H,19,21). The number of nitrogens with one attached hydrogen (secondary N) is 1. The van der Waals surface area contributed by atoms with Crippen molar-refractivity contribution in [1.29, 1.82) is 0 Å². The van der Waals surface area contributed by atoms with Crippen molar-refractivity contribution in [2.45, 2.75) is 63.4 Å². The number of unbranched alkanes of at least 4 members (excludes halogenated alkanes) is 4. The van der Waals surface area contributed by atoms with Crippen LogP contribution in [0.25, 0.3) is 0 Å². The third-order valence-electron chi connectivity index (χ3n) is 3.49. The molecule has 0 saturated carbocycles. The van der Waals surface area contributed by atoms with Gasteiger partial charge in [0.1, 0.15) is 5.60 Å². The zero-order chi connectivity index (χ0) is 19.6. The SMILES string of the molecule is CC(C)(C)OC(=O)NCCCCCCCS(=O)c1ccc([N+](=O)[O-])cc1. The molecular weight excluding hydrogens is 356 g/mol. The van der Waals surface area contributed by atoms with Crippen molar-refractivity contribution in [1.82, 2.24) is 5.32 Å². The molecule has 0 fully saturated rings. The van der Waals surface area contributed by atoms with Crippen LogP contribution in [0.5, 0.6) is 0 Å². The summed E-state index contributed by atoms with van der Waals surface area (Å²) in [6.45, 7) is 6.07. The smallest absolute Gasteiger partial charge is 0.407 e. The number of nitrogens with zero attached hydrogens (tertiary/aromatic N) is 1. The van der Waals surface area contributed by atoms with Gasteiger partial charge in [-0.2, -0.15) is 0 Å². The van der Waals surface area contributed by atoms with E-state index in [1.807, 2.05) is 20.8 Å². The summed E-state index contributed by atoms with van der Waals surface area (Å²) >= 11 is 0. The Kier molecular flexibility index (Phi) is 9.26. The van der Waals surface area contributed by atoms with E-state index in [1.54, 1.807) is 12.1 Å². The lowest BCUT2D eigenvalue weighted by atomic mass is 10.1. The molecule has 1 unspecified atom stereocenters. The summed E-state index contributed by atoms with van der Waals surface area (Å²) in [5.74, 6) is 0.550. The lowest BCUT2D eigenvalue weighted by Gasteiger charge is -2.19. The maximum Gasteiger partial charge on any atom is 0.407 e. The first kappa shape index (κ1) is 22.1. The Morgan fingerprint density at radius 3 is 2.27 bits per heavy atom. The molecule has 0 radical (unpaired) electrons. The second kappa shape index (κ2) is 10.9. The highest BCUT2D eigenvalue weighted by atomic mass is 32.2.